The topological polar surface area (TPSA) is 38.9 Å². The van der Waals surface area contributed by atoms with Crippen molar-refractivity contribution in [3.8, 4) is 0 Å². The van der Waals surface area contributed by atoms with Gasteiger partial charge in [0.2, 0.25) is 0 Å². The Kier molecular flexibility index (Phi) is 3.77. The van der Waals surface area contributed by atoms with E-state index in [1.54, 1.807) is 6.20 Å². The standard InChI is InChI=1S/C14H15ClN2/c1-10-5-6-12(13(15)8-10)14(16)9-11-4-2-3-7-17-11/h2-8,14H,9,16H2,1H3. The zero-order valence-electron chi connectivity index (χ0n) is 9.73. The molecular weight excluding hydrogens is 232 g/mol. The van der Waals surface area contributed by atoms with Crippen molar-refractivity contribution in [2.24, 2.45) is 5.73 Å². The molecule has 1 aromatic carbocycles. The molecule has 0 bridgehead atoms. The zero-order valence-corrected chi connectivity index (χ0v) is 10.5. The van der Waals surface area contributed by atoms with Crippen LogP contribution in [0.15, 0.2) is 42.6 Å². The van der Waals surface area contributed by atoms with Gasteiger partial charge in [-0.15, -0.1) is 0 Å². The van der Waals surface area contributed by atoms with Crippen molar-refractivity contribution < 1.29 is 0 Å². The first-order valence-corrected chi connectivity index (χ1v) is 5.96. The Bertz CT molecular complexity index is 497. The lowest BCUT2D eigenvalue weighted by atomic mass is 10.0. The van der Waals surface area contributed by atoms with E-state index in [1.807, 2.05) is 43.3 Å². The van der Waals surface area contributed by atoms with Crippen molar-refractivity contribution in [2.45, 2.75) is 19.4 Å². The molecule has 0 radical (unpaired) electrons. The van der Waals surface area contributed by atoms with Crippen LogP contribution < -0.4 is 5.73 Å². The molecule has 1 aromatic heterocycles. The number of hydrogen-bond donors (Lipinski definition) is 1. The van der Waals surface area contributed by atoms with Gasteiger partial charge in [-0.3, -0.25) is 4.98 Å². The smallest absolute Gasteiger partial charge is 0.0456 e. The maximum Gasteiger partial charge on any atom is 0.0456 e. The van der Waals surface area contributed by atoms with Gasteiger partial charge in [0.1, 0.15) is 0 Å². The number of rotatable bonds is 3. The zero-order chi connectivity index (χ0) is 12.3. The Balaban J connectivity index is 2.17. The minimum Gasteiger partial charge on any atom is -0.324 e. The molecule has 1 unspecified atom stereocenters. The lowest BCUT2D eigenvalue weighted by Gasteiger charge is -2.13. The minimum atomic E-state index is -0.113. The Morgan fingerprint density at radius 3 is 2.76 bits per heavy atom. The van der Waals surface area contributed by atoms with Crippen LogP contribution in [0.1, 0.15) is 22.9 Å². The van der Waals surface area contributed by atoms with Gasteiger partial charge in [0, 0.05) is 29.4 Å². The SMILES string of the molecule is Cc1ccc(C(N)Cc2ccccn2)c(Cl)c1. The highest BCUT2D eigenvalue weighted by atomic mass is 35.5. The number of hydrogen-bond acceptors (Lipinski definition) is 2. The highest BCUT2D eigenvalue weighted by molar-refractivity contribution is 6.31. The van der Waals surface area contributed by atoms with E-state index in [4.69, 9.17) is 17.3 Å². The summed E-state index contributed by atoms with van der Waals surface area (Å²) in [5, 5.41) is 0.730. The molecule has 0 aliphatic carbocycles. The van der Waals surface area contributed by atoms with E-state index in [2.05, 4.69) is 4.98 Å². The van der Waals surface area contributed by atoms with Crippen LogP contribution in [0.25, 0.3) is 0 Å². The van der Waals surface area contributed by atoms with Gasteiger partial charge in [0.25, 0.3) is 0 Å². The molecule has 0 spiro atoms. The molecule has 0 saturated carbocycles. The average molecular weight is 247 g/mol. The highest BCUT2D eigenvalue weighted by Gasteiger charge is 2.11. The molecule has 1 heterocycles. The van der Waals surface area contributed by atoms with Gasteiger partial charge in [-0.25, -0.2) is 0 Å². The third kappa shape index (κ3) is 3.05. The van der Waals surface area contributed by atoms with E-state index in [0.717, 1.165) is 21.8 Å². The van der Waals surface area contributed by atoms with Gasteiger partial charge in [-0.1, -0.05) is 29.8 Å². The van der Waals surface area contributed by atoms with Crippen molar-refractivity contribution in [2.75, 3.05) is 0 Å². The summed E-state index contributed by atoms with van der Waals surface area (Å²) in [6, 6.07) is 11.7. The lowest BCUT2D eigenvalue weighted by molar-refractivity contribution is 0.706. The van der Waals surface area contributed by atoms with Crippen molar-refractivity contribution >= 4 is 11.6 Å². The van der Waals surface area contributed by atoms with Gasteiger partial charge in [-0.2, -0.15) is 0 Å². The van der Waals surface area contributed by atoms with Crippen molar-refractivity contribution in [3.05, 3.63) is 64.4 Å². The van der Waals surface area contributed by atoms with Crippen LogP contribution in [0.5, 0.6) is 0 Å². The van der Waals surface area contributed by atoms with Crippen LogP contribution in [-0.4, -0.2) is 4.98 Å². The van der Waals surface area contributed by atoms with Gasteiger partial charge in [0.15, 0.2) is 0 Å². The number of halogens is 1. The fourth-order valence-electron chi connectivity index (χ4n) is 1.79. The summed E-state index contributed by atoms with van der Waals surface area (Å²) in [5.74, 6) is 0. The summed E-state index contributed by atoms with van der Waals surface area (Å²) in [6.07, 6.45) is 2.47. The van der Waals surface area contributed by atoms with E-state index in [9.17, 15) is 0 Å². The predicted octanol–water partition coefficient (Wildman–Crippen LogP) is 3.29. The second-order valence-electron chi connectivity index (χ2n) is 4.16. The van der Waals surface area contributed by atoms with E-state index in [-0.39, 0.29) is 6.04 Å². The van der Waals surface area contributed by atoms with Crippen LogP contribution in [0.4, 0.5) is 0 Å². The van der Waals surface area contributed by atoms with E-state index in [0.29, 0.717) is 6.42 Å². The molecule has 0 fully saturated rings. The number of aromatic nitrogens is 1. The van der Waals surface area contributed by atoms with Crippen molar-refractivity contribution in [3.63, 3.8) is 0 Å². The van der Waals surface area contributed by atoms with Gasteiger partial charge in [0.05, 0.1) is 0 Å². The van der Waals surface area contributed by atoms with Gasteiger partial charge >= 0.3 is 0 Å². The molecule has 0 aliphatic heterocycles. The van der Waals surface area contributed by atoms with Crippen LogP contribution in [0.3, 0.4) is 0 Å². The van der Waals surface area contributed by atoms with Crippen molar-refractivity contribution in [1.29, 1.82) is 0 Å². The van der Waals surface area contributed by atoms with Gasteiger partial charge in [-0.05, 0) is 36.2 Å². The van der Waals surface area contributed by atoms with E-state index >= 15 is 0 Å². The predicted molar refractivity (Wildman–Crippen MR) is 71.1 cm³/mol. The fraction of sp³-hybridized carbons (Fsp3) is 0.214. The molecule has 2 rings (SSSR count). The Morgan fingerprint density at radius 2 is 2.12 bits per heavy atom. The Labute approximate surface area is 106 Å². The number of pyridine rings is 1. The molecule has 2 nitrogen and oxygen atoms in total. The maximum absolute atomic E-state index is 6.19. The first-order valence-electron chi connectivity index (χ1n) is 5.58. The summed E-state index contributed by atoms with van der Waals surface area (Å²) in [7, 11) is 0. The third-order valence-corrected chi connectivity index (χ3v) is 3.04. The van der Waals surface area contributed by atoms with Crippen LogP contribution in [-0.2, 0) is 6.42 Å². The fourth-order valence-corrected chi connectivity index (χ4v) is 2.16. The Hall–Kier alpha value is -1.38. The van der Waals surface area contributed by atoms with Crippen LogP contribution >= 0.6 is 11.6 Å². The molecule has 88 valence electrons. The molecule has 2 aromatic rings. The number of aryl methyl sites for hydroxylation is 1. The second kappa shape index (κ2) is 5.30. The highest BCUT2D eigenvalue weighted by Crippen LogP contribution is 2.24. The molecule has 3 heteroatoms. The molecule has 2 N–H and O–H groups in total. The third-order valence-electron chi connectivity index (χ3n) is 2.71. The van der Waals surface area contributed by atoms with Crippen LogP contribution in [0, 0.1) is 6.92 Å². The molecule has 0 saturated heterocycles. The summed E-state index contributed by atoms with van der Waals surface area (Å²) in [6.45, 7) is 2.01. The first-order chi connectivity index (χ1) is 8.16. The molecule has 0 amide bonds. The monoisotopic (exact) mass is 246 g/mol. The molecule has 0 aliphatic rings. The normalized spacial score (nSPS) is 12.4. The van der Waals surface area contributed by atoms with E-state index in [1.165, 1.54) is 0 Å². The van der Waals surface area contributed by atoms with Gasteiger partial charge < -0.3 is 5.73 Å². The van der Waals surface area contributed by atoms with E-state index < -0.39 is 0 Å². The lowest BCUT2D eigenvalue weighted by Crippen LogP contribution is -2.14. The molecular formula is C14H15ClN2. The quantitative estimate of drug-likeness (QED) is 0.903. The molecule has 1 atom stereocenters. The first kappa shape index (κ1) is 12.1. The number of benzene rings is 1. The Morgan fingerprint density at radius 1 is 1.29 bits per heavy atom. The summed E-state index contributed by atoms with van der Waals surface area (Å²) in [4.78, 5) is 4.27. The number of nitrogens with two attached hydrogens (primary N) is 1. The van der Waals surface area contributed by atoms with Crippen molar-refractivity contribution in [1.82, 2.24) is 4.98 Å². The number of nitrogens with zero attached hydrogens (tertiary/aromatic N) is 1. The summed E-state index contributed by atoms with van der Waals surface area (Å²) >= 11 is 6.19. The summed E-state index contributed by atoms with van der Waals surface area (Å²) < 4.78 is 0. The average Bonchev–Trinajstić information content (AvgIpc) is 2.30. The maximum atomic E-state index is 6.19. The largest absolute Gasteiger partial charge is 0.324 e. The summed E-state index contributed by atoms with van der Waals surface area (Å²) in [5.41, 5.74) is 9.25. The van der Waals surface area contributed by atoms with Crippen LogP contribution in [0.2, 0.25) is 5.02 Å². The minimum absolute atomic E-state index is 0.113. The second-order valence-corrected chi connectivity index (χ2v) is 4.56. The molecule has 17 heavy (non-hydrogen) atoms.